The van der Waals surface area contributed by atoms with Crippen molar-refractivity contribution in [2.45, 2.75) is 6.61 Å². The Morgan fingerprint density at radius 2 is 2.35 bits per heavy atom. The number of hydrogen-bond acceptors (Lipinski definition) is 6. The molecule has 7 heteroatoms. The molecule has 2 heterocycles. The molecule has 90 valence electrons. The lowest BCUT2D eigenvalue weighted by atomic mass is 10.3. The Hall–Kier alpha value is -1.02. The van der Waals surface area contributed by atoms with E-state index in [0.29, 0.717) is 18.2 Å². The summed E-state index contributed by atoms with van der Waals surface area (Å²) in [7, 11) is 1.62. The van der Waals surface area contributed by atoms with Crippen molar-refractivity contribution < 1.29 is 4.74 Å². The van der Waals surface area contributed by atoms with Gasteiger partial charge in [-0.1, -0.05) is 0 Å². The number of methoxy groups -OCH3 is 1. The number of ether oxygens (including phenoxy) is 1. The second-order valence-corrected chi connectivity index (χ2v) is 5.01. The van der Waals surface area contributed by atoms with E-state index in [-0.39, 0.29) is 0 Å². The van der Waals surface area contributed by atoms with Gasteiger partial charge in [0.15, 0.2) is 5.82 Å². The maximum Gasteiger partial charge on any atom is 0.173 e. The van der Waals surface area contributed by atoms with Gasteiger partial charge < -0.3 is 10.2 Å². The molecule has 2 rings (SSSR count). The number of hydrazine groups is 1. The highest BCUT2D eigenvalue weighted by molar-refractivity contribution is 9.10. The Labute approximate surface area is 111 Å². The molecule has 0 aliphatic carbocycles. The zero-order chi connectivity index (χ0) is 12.3. The molecule has 0 saturated heterocycles. The van der Waals surface area contributed by atoms with E-state index in [9.17, 15) is 0 Å². The molecule has 0 radical (unpaired) electrons. The molecule has 0 saturated carbocycles. The monoisotopic (exact) mass is 314 g/mol. The Kier molecular flexibility index (Phi) is 4.06. The summed E-state index contributed by atoms with van der Waals surface area (Å²) >= 11 is 5.03. The van der Waals surface area contributed by atoms with Crippen molar-refractivity contribution in [2.24, 2.45) is 5.84 Å². The van der Waals surface area contributed by atoms with Crippen LogP contribution in [0.4, 0.5) is 5.82 Å². The summed E-state index contributed by atoms with van der Waals surface area (Å²) in [6, 6.07) is 3.72. The zero-order valence-electron chi connectivity index (χ0n) is 9.11. The summed E-state index contributed by atoms with van der Waals surface area (Å²) in [6.07, 6.45) is 0. The SMILES string of the molecule is COCc1cc(NN)nc(-c2sccc2Br)n1. The lowest BCUT2D eigenvalue weighted by Crippen LogP contribution is -2.10. The van der Waals surface area contributed by atoms with Crippen LogP contribution in [0.2, 0.25) is 0 Å². The van der Waals surface area contributed by atoms with Crippen LogP contribution < -0.4 is 11.3 Å². The van der Waals surface area contributed by atoms with Crippen LogP contribution in [0, 0.1) is 0 Å². The summed E-state index contributed by atoms with van der Waals surface area (Å²) < 4.78 is 6.04. The molecule has 0 fully saturated rings. The predicted octanol–water partition coefficient (Wildman–Crippen LogP) is 2.40. The minimum absolute atomic E-state index is 0.424. The molecule has 0 bridgehead atoms. The molecule has 17 heavy (non-hydrogen) atoms. The van der Waals surface area contributed by atoms with E-state index in [0.717, 1.165) is 15.0 Å². The normalized spacial score (nSPS) is 10.5. The van der Waals surface area contributed by atoms with E-state index >= 15 is 0 Å². The second kappa shape index (κ2) is 5.54. The second-order valence-electron chi connectivity index (χ2n) is 3.24. The van der Waals surface area contributed by atoms with E-state index in [2.05, 4.69) is 31.3 Å². The molecule has 5 nitrogen and oxygen atoms in total. The van der Waals surface area contributed by atoms with Gasteiger partial charge in [0, 0.05) is 17.6 Å². The highest BCUT2D eigenvalue weighted by Crippen LogP contribution is 2.31. The Morgan fingerprint density at radius 1 is 1.53 bits per heavy atom. The first-order chi connectivity index (χ1) is 8.24. The van der Waals surface area contributed by atoms with Crippen LogP contribution in [0.1, 0.15) is 5.69 Å². The summed E-state index contributed by atoms with van der Waals surface area (Å²) in [5.74, 6) is 6.59. The van der Waals surface area contributed by atoms with Crippen LogP contribution in [0.15, 0.2) is 22.0 Å². The first kappa shape index (κ1) is 12.4. The highest BCUT2D eigenvalue weighted by atomic mass is 79.9. The molecule has 0 aliphatic heterocycles. The fraction of sp³-hybridized carbons (Fsp3) is 0.200. The largest absolute Gasteiger partial charge is 0.378 e. The number of nitrogens with one attached hydrogen (secondary N) is 1. The minimum atomic E-state index is 0.424. The molecule has 0 unspecified atom stereocenters. The molecule has 3 N–H and O–H groups in total. The van der Waals surface area contributed by atoms with Crippen molar-refractivity contribution >= 4 is 33.1 Å². The number of nitrogens with two attached hydrogens (primary N) is 1. The lowest BCUT2D eigenvalue weighted by molar-refractivity contribution is 0.181. The molecule has 0 amide bonds. The van der Waals surface area contributed by atoms with Crippen LogP contribution >= 0.6 is 27.3 Å². The van der Waals surface area contributed by atoms with Gasteiger partial charge >= 0.3 is 0 Å². The van der Waals surface area contributed by atoms with Gasteiger partial charge in [0.1, 0.15) is 5.82 Å². The van der Waals surface area contributed by atoms with Gasteiger partial charge in [0.05, 0.1) is 17.2 Å². The fourth-order valence-electron chi connectivity index (χ4n) is 1.35. The van der Waals surface area contributed by atoms with Gasteiger partial charge in [0.25, 0.3) is 0 Å². The van der Waals surface area contributed by atoms with E-state index < -0.39 is 0 Å². The van der Waals surface area contributed by atoms with Gasteiger partial charge in [-0.15, -0.1) is 11.3 Å². The van der Waals surface area contributed by atoms with Crippen LogP contribution in [0.25, 0.3) is 10.7 Å². The molecular weight excluding hydrogens is 304 g/mol. The van der Waals surface area contributed by atoms with Crippen molar-refractivity contribution in [3.8, 4) is 10.7 Å². The number of rotatable bonds is 4. The standard InChI is InChI=1S/C10H11BrN4OS/c1-16-5-6-4-8(15-12)14-10(13-6)9-7(11)2-3-17-9/h2-4H,5,12H2,1H3,(H,13,14,15). The minimum Gasteiger partial charge on any atom is -0.378 e. The molecule has 0 atom stereocenters. The Balaban J connectivity index is 2.46. The molecule has 0 aromatic carbocycles. The van der Waals surface area contributed by atoms with Crippen molar-refractivity contribution in [1.82, 2.24) is 9.97 Å². The quantitative estimate of drug-likeness (QED) is 0.669. The number of thiophene rings is 1. The smallest absolute Gasteiger partial charge is 0.173 e. The van der Waals surface area contributed by atoms with Crippen molar-refractivity contribution in [3.63, 3.8) is 0 Å². The van der Waals surface area contributed by atoms with Crippen LogP contribution in [-0.4, -0.2) is 17.1 Å². The Bertz CT molecular complexity index is 517. The van der Waals surface area contributed by atoms with Crippen molar-refractivity contribution in [1.29, 1.82) is 0 Å². The highest BCUT2D eigenvalue weighted by Gasteiger charge is 2.10. The van der Waals surface area contributed by atoms with Gasteiger partial charge in [-0.3, -0.25) is 0 Å². The molecule has 0 aliphatic rings. The maximum absolute atomic E-state index is 5.39. The fourth-order valence-corrected chi connectivity index (χ4v) is 2.83. The van der Waals surface area contributed by atoms with Crippen molar-refractivity contribution in [3.05, 3.63) is 27.7 Å². The first-order valence-corrected chi connectivity index (χ1v) is 6.48. The van der Waals surface area contributed by atoms with Gasteiger partial charge in [-0.05, 0) is 27.4 Å². The number of hydrogen-bond donors (Lipinski definition) is 2. The molecule has 0 spiro atoms. The van der Waals surface area contributed by atoms with Gasteiger partial charge in [0.2, 0.25) is 0 Å². The van der Waals surface area contributed by atoms with Gasteiger partial charge in [-0.2, -0.15) is 0 Å². The van der Waals surface area contributed by atoms with Crippen molar-refractivity contribution in [2.75, 3.05) is 12.5 Å². The molecular formula is C10H11BrN4OS. The third-order valence-corrected chi connectivity index (χ3v) is 3.87. The van der Waals surface area contributed by atoms with Gasteiger partial charge in [-0.25, -0.2) is 15.8 Å². The number of nitrogens with zero attached hydrogens (tertiary/aromatic N) is 2. The summed E-state index contributed by atoms with van der Waals surface area (Å²) in [6.45, 7) is 0.424. The summed E-state index contributed by atoms with van der Waals surface area (Å²) in [5, 5.41) is 1.97. The first-order valence-electron chi connectivity index (χ1n) is 4.81. The van der Waals surface area contributed by atoms with E-state index in [1.54, 1.807) is 24.5 Å². The summed E-state index contributed by atoms with van der Waals surface area (Å²) in [4.78, 5) is 9.71. The average molecular weight is 315 g/mol. The predicted molar refractivity (Wildman–Crippen MR) is 71.6 cm³/mol. The Morgan fingerprint density at radius 3 is 2.94 bits per heavy atom. The van der Waals surface area contributed by atoms with E-state index in [1.807, 2.05) is 11.4 Å². The number of anilines is 1. The third kappa shape index (κ3) is 2.81. The number of halogens is 1. The molecule has 2 aromatic rings. The van der Waals surface area contributed by atoms with Crippen LogP contribution in [-0.2, 0) is 11.3 Å². The van der Waals surface area contributed by atoms with Crippen LogP contribution in [0.3, 0.4) is 0 Å². The number of nitrogen functional groups attached to an aromatic ring is 1. The van der Waals surface area contributed by atoms with Crippen LogP contribution in [0.5, 0.6) is 0 Å². The number of aromatic nitrogens is 2. The lowest BCUT2D eigenvalue weighted by Gasteiger charge is -2.06. The topological polar surface area (TPSA) is 73.1 Å². The zero-order valence-corrected chi connectivity index (χ0v) is 11.5. The average Bonchev–Trinajstić information content (AvgIpc) is 2.75. The summed E-state index contributed by atoms with van der Waals surface area (Å²) in [5.41, 5.74) is 3.31. The third-order valence-electron chi connectivity index (χ3n) is 2.04. The maximum atomic E-state index is 5.39. The van der Waals surface area contributed by atoms with E-state index in [1.165, 1.54) is 0 Å². The van der Waals surface area contributed by atoms with E-state index in [4.69, 9.17) is 10.6 Å². The molecule has 2 aromatic heterocycles.